The highest BCUT2D eigenvalue weighted by Gasteiger charge is 2.25. The lowest BCUT2D eigenvalue weighted by molar-refractivity contribution is 0.612. The summed E-state index contributed by atoms with van der Waals surface area (Å²) in [6.07, 6.45) is 4.35. The number of aromatic amines is 1. The Kier molecular flexibility index (Phi) is 7.83. The molecule has 30 heavy (non-hydrogen) atoms. The number of H-pyrrole nitrogens is 1. The zero-order valence-electron chi connectivity index (χ0n) is 16.9. The lowest BCUT2D eigenvalue weighted by atomic mass is 10.2. The summed E-state index contributed by atoms with van der Waals surface area (Å²) in [7, 11) is 1.76. The Balaban J connectivity index is 0.00000256. The van der Waals surface area contributed by atoms with Crippen LogP contribution in [0.3, 0.4) is 0 Å². The van der Waals surface area contributed by atoms with Crippen LogP contribution in [0.1, 0.15) is 18.7 Å². The first-order valence-electron chi connectivity index (χ1n) is 9.99. The van der Waals surface area contributed by atoms with Gasteiger partial charge in [-0.1, -0.05) is 12.1 Å². The standard InChI is InChI=1S/C21H26FN7.HI/c1-23-21(25-12-5-9-19-27-17-7-2-3-8-18(17)28-19)26-15-10-13-29(14-15)20-16(22)6-4-11-24-20;/h2-4,6-8,11,15H,5,9-10,12-14H2,1H3,(H,27,28)(H2,23,25,26);1H. The third kappa shape index (κ3) is 5.38. The molecule has 7 nitrogen and oxygen atoms in total. The molecule has 1 aliphatic heterocycles. The summed E-state index contributed by atoms with van der Waals surface area (Å²) in [5.41, 5.74) is 2.08. The summed E-state index contributed by atoms with van der Waals surface area (Å²) in [5, 5.41) is 6.78. The van der Waals surface area contributed by atoms with Crippen LogP contribution in [-0.2, 0) is 6.42 Å². The average molecular weight is 523 g/mol. The number of aryl methyl sites for hydroxylation is 1. The number of benzene rings is 1. The first kappa shape index (κ1) is 22.3. The van der Waals surface area contributed by atoms with Gasteiger partial charge >= 0.3 is 0 Å². The quantitative estimate of drug-likeness (QED) is 0.200. The van der Waals surface area contributed by atoms with E-state index in [2.05, 4.69) is 30.6 Å². The topological polar surface area (TPSA) is 81.2 Å². The fraction of sp³-hybridized carbons (Fsp3) is 0.381. The van der Waals surface area contributed by atoms with Gasteiger partial charge in [0.05, 0.1) is 11.0 Å². The summed E-state index contributed by atoms with van der Waals surface area (Å²) < 4.78 is 13.9. The molecule has 0 aliphatic carbocycles. The Morgan fingerprint density at radius 1 is 1.30 bits per heavy atom. The molecule has 1 aromatic carbocycles. The summed E-state index contributed by atoms with van der Waals surface area (Å²) in [6.45, 7) is 2.27. The van der Waals surface area contributed by atoms with Crippen LogP contribution in [0.5, 0.6) is 0 Å². The van der Waals surface area contributed by atoms with E-state index < -0.39 is 0 Å². The van der Waals surface area contributed by atoms with E-state index in [1.807, 2.05) is 29.2 Å². The molecule has 1 aliphatic rings. The van der Waals surface area contributed by atoms with Gasteiger partial charge in [0.1, 0.15) is 5.82 Å². The van der Waals surface area contributed by atoms with Gasteiger partial charge in [0.15, 0.2) is 17.6 Å². The molecule has 1 saturated heterocycles. The van der Waals surface area contributed by atoms with Gasteiger partial charge in [-0.2, -0.15) is 0 Å². The zero-order valence-corrected chi connectivity index (χ0v) is 19.3. The van der Waals surface area contributed by atoms with Crippen LogP contribution in [0.25, 0.3) is 11.0 Å². The van der Waals surface area contributed by atoms with E-state index in [0.29, 0.717) is 12.4 Å². The zero-order chi connectivity index (χ0) is 20.1. The van der Waals surface area contributed by atoms with Gasteiger partial charge in [0, 0.05) is 45.3 Å². The number of nitrogens with one attached hydrogen (secondary N) is 3. The number of fused-ring (bicyclic) bond motifs is 1. The third-order valence-electron chi connectivity index (χ3n) is 5.11. The first-order valence-corrected chi connectivity index (χ1v) is 9.99. The number of halogens is 2. The molecule has 0 bridgehead atoms. The Morgan fingerprint density at radius 3 is 2.97 bits per heavy atom. The highest BCUT2D eigenvalue weighted by Crippen LogP contribution is 2.20. The van der Waals surface area contributed by atoms with Crippen molar-refractivity contribution in [3.05, 3.63) is 54.2 Å². The number of imidazole rings is 1. The lowest BCUT2D eigenvalue weighted by Crippen LogP contribution is -2.45. The van der Waals surface area contributed by atoms with E-state index in [-0.39, 0.29) is 35.8 Å². The van der Waals surface area contributed by atoms with Gasteiger partial charge in [0.2, 0.25) is 0 Å². The molecule has 1 fully saturated rings. The van der Waals surface area contributed by atoms with Crippen LogP contribution >= 0.6 is 24.0 Å². The summed E-state index contributed by atoms with van der Waals surface area (Å²) in [5.74, 6) is 1.91. The Hall–Kier alpha value is -2.43. The van der Waals surface area contributed by atoms with Crippen molar-refractivity contribution in [2.75, 3.05) is 31.6 Å². The van der Waals surface area contributed by atoms with E-state index in [1.54, 1.807) is 19.3 Å². The highest BCUT2D eigenvalue weighted by molar-refractivity contribution is 14.0. The second kappa shape index (κ2) is 10.6. The molecule has 3 aromatic rings. The molecule has 3 heterocycles. The average Bonchev–Trinajstić information content (AvgIpc) is 3.37. The van der Waals surface area contributed by atoms with Crippen LogP contribution in [0, 0.1) is 5.82 Å². The van der Waals surface area contributed by atoms with Gasteiger partial charge in [-0.3, -0.25) is 4.99 Å². The van der Waals surface area contributed by atoms with E-state index >= 15 is 0 Å². The van der Waals surface area contributed by atoms with E-state index in [0.717, 1.165) is 55.2 Å². The van der Waals surface area contributed by atoms with Gasteiger partial charge in [-0.15, -0.1) is 24.0 Å². The minimum atomic E-state index is -0.277. The van der Waals surface area contributed by atoms with Crippen LogP contribution in [0.4, 0.5) is 10.2 Å². The molecule has 0 saturated carbocycles. The Bertz CT molecular complexity index is 957. The van der Waals surface area contributed by atoms with Crippen LogP contribution in [0.15, 0.2) is 47.6 Å². The van der Waals surface area contributed by atoms with Crippen molar-refractivity contribution in [2.45, 2.75) is 25.3 Å². The van der Waals surface area contributed by atoms with E-state index in [9.17, 15) is 4.39 Å². The summed E-state index contributed by atoms with van der Waals surface area (Å²) in [6, 6.07) is 11.3. The number of hydrogen-bond donors (Lipinski definition) is 3. The van der Waals surface area contributed by atoms with Gasteiger partial charge in [-0.05, 0) is 37.1 Å². The summed E-state index contributed by atoms with van der Waals surface area (Å²) >= 11 is 0. The predicted molar refractivity (Wildman–Crippen MR) is 129 cm³/mol. The third-order valence-corrected chi connectivity index (χ3v) is 5.11. The van der Waals surface area contributed by atoms with Crippen molar-refractivity contribution in [2.24, 2.45) is 4.99 Å². The molecule has 2 aromatic heterocycles. The number of nitrogens with zero attached hydrogens (tertiary/aromatic N) is 4. The van der Waals surface area contributed by atoms with Crippen molar-refractivity contribution >= 4 is 46.8 Å². The minimum absolute atomic E-state index is 0. The summed E-state index contributed by atoms with van der Waals surface area (Å²) in [4.78, 5) is 18.4. The largest absolute Gasteiger partial charge is 0.356 e. The molecule has 1 atom stereocenters. The minimum Gasteiger partial charge on any atom is -0.356 e. The van der Waals surface area contributed by atoms with Gasteiger partial charge < -0.3 is 20.5 Å². The normalized spacial score (nSPS) is 16.5. The van der Waals surface area contributed by atoms with Crippen LogP contribution in [-0.4, -0.2) is 53.6 Å². The predicted octanol–water partition coefficient (Wildman–Crippen LogP) is 3.09. The van der Waals surface area contributed by atoms with Crippen molar-refractivity contribution < 1.29 is 4.39 Å². The fourth-order valence-electron chi connectivity index (χ4n) is 3.66. The number of guanidine groups is 1. The monoisotopic (exact) mass is 523 g/mol. The molecular weight excluding hydrogens is 496 g/mol. The second-order valence-electron chi connectivity index (χ2n) is 7.19. The molecule has 1 unspecified atom stereocenters. The number of para-hydroxylation sites is 2. The first-order chi connectivity index (χ1) is 14.2. The van der Waals surface area contributed by atoms with E-state index in [1.165, 1.54) is 6.07 Å². The molecule has 9 heteroatoms. The number of aromatic nitrogens is 3. The lowest BCUT2D eigenvalue weighted by Gasteiger charge is -2.19. The van der Waals surface area contributed by atoms with Gasteiger partial charge in [0.25, 0.3) is 0 Å². The maximum Gasteiger partial charge on any atom is 0.191 e. The number of anilines is 1. The molecule has 4 rings (SSSR count). The Labute approximate surface area is 192 Å². The molecule has 0 spiro atoms. The molecule has 0 amide bonds. The van der Waals surface area contributed by atoms with Crippen molar-refractivity contribution in [1.82, 2.24) is 25.6 Å². The molecule has 160 valence electrons. The smallest absolute Gasteiger partial charge is 0.191 e. The number of hydrogen-bond acceptors (Lipinski definition) is 4. The number of aliphatic imine (C=N–C) groups is 1. The highest BCUT2D eigenvalue weighted by atomic mass is 127. The maximum atomic E-state index is 13.9. The number of rotatable bonds is 6. The SMILES string of the molecule is CN=C(NCCCc1nc2ccccc2[nH]1)NC1CCN(c2ncccc2F)C1.I. The van der Waals surface area contributed by atoms with E-state index in [4.69, 9.17) is 0 Å². The van der Waals surface area contributed by atoms with Crippen molar-refractivity contribution in [3.63, 3.8) is 0 Å². The fourth-order valence-corrected chi connectivity index (χ4v) is 3.66. The van der Waals surface area contributed by atoms with Crippen LogP contribution < -0.4 is 15.5 Å². The van der Waals surface area contributed by atoms with Gasteiger partial charge in [-0.25, -0.2) is 14.4 Å². The van der Waals surface area contributed by atoms with Crippen molar-refractivity contribution in [1.29, 1.82) is 0 Å². The maximum absolute atomic E-state index is 13.9. The molecular formula is C21H27FIN7. The molecule has 3 N–H and O–H groups in total. The second-order valence-corrected chi connectivity index (χ2v) is 7.19. The Morgan fingerprint density at radius 2 is 2.17 bits per heavy atom. The molecule has 0 radical (unpaired) electrons. The van der Waals surface area contributed by atoms with Crippen molar-refractivity contribution in [3.8, 4) is 0 Å². The number of pyridine rings is 1. The van der Waals surface area contributed by atoms with Crippen LogP contribution in [0.2, 0.25) is 0 Å².